The van der Waals surface area contributed by atoms with Crippen LogP contribution in [0.2, 0.25) is 0 Å². The minimum atomic E-state index is -0.490. The number of halogens is 2. The lowest BCUT2D eigenvalue weighted by atomic mass is 9.92. The van der Waals surface area contributed by atoms with E-state index in [0.29, 0.717) is 5.92 Å². The van der Waals surface area contributed by atoms with E-state index in [4.69, 9.17) is 0 Å². The maximum absolute atomic E-state index is 12.9. The molecule has 1 atom stereocenters. The summed E-state index contributed by atoms with van der Waals surface area (Å²) >= 11 is 0. The molecule has 0 heterocycles. The SMILES string of the molecule is CC(C)C[C@@H](C)c1cc(F)cc(F)c1. The summed E-state index contributed by atoms with van der Waals surface area (Å²) in [6.07, 6.45) is 0.947. The van der Waals surface area contributed by atoms with Gasteiger partial charge in [-0.2, -0.15) is 0 Å². The molecule has 0 nitrogen and oxygen atoms in total. The summed E-state index contributed by atoms with van der Waals surface area (Å²) in [6.45, 7) is 6.20. The lowest BCUT2D eigenvalue weighted by molar-refractivity contribution is 0.514. The van der Waals surface area contributed by atoms with Gasteiger partial charge in [-0.1, -0.05) is 20.8 Å². The summed E-state index contributed by atoms with van der Waals surface area (Å²) in [4.78, 5) is 0. The van der Waals surface area contributed by atoms with Crippen LogP contribution in [0, 0.1) is 17.6 Å². The fourth-order valence-electron chi connectivity index (χ4n) is 1.70. The summed E-state index contributed by atoms with van der Waals surface area (Å²) in [5.74, 6) is -0.234. The minimum absolute atomic E-state index is 0.209. The van der Waals surface area contributed by atoms with Gasteiger partial charge in [-0.15, -0.1) is 0 Å². The van der Waals surface area contributed by atoms with E-state index < -0.39 is 11.6 Å². The summed E-state index contributed by atoms with van der Waals surface area (Å²) in [6, 6.07) is 3.73. The average molecular weight is 198 g/mol. The Hall–Kier alpha value is -0.920. The molecule has 0 amide bonds. The van der Waals surface area contributed by atoms with Gasteiger partial charge in [0.1, 0.15) is 11.6 Å². The maximum Gasteiger partial charge on any atom is 0.126 e. The zero-order valence-corrected chi connectivity index (χ0v) is 8.85. The molecule has 0 fully saturated rings. The Morgan fingerprint density at radius 3 is 1.93 bits per heavy atom. The monoisotopic (exact) mass is 198 g/mol. The van der Waals surface area contributed by atoms with Crippen molar-refractivity contribution in [1.29, 1.82) is 0 Å². The van der Waals surface area contributed by atoms with E-state index in [2.05, 4.69) is 13.8 Å². The first-order valence-corrected chi connectivity index (χ1v) is 4.95. The predicted octanol–water partition coefficient (Wildman–Crippen LogP) is 4.11. The summed E-state index contributed by atoms with van der Waals surface area (Å²) in [5, 5.41) is 0. The van der Waals surface area contributed by atoms with Crippen LogP contribution < -0.4 is 0 Å². The first-order chi connectivity index (χ1) is 6.49. The molecule has 0 aliphatic heterocycles. The highest BCUT2D eigenvalue weighted by Gasteiger charge is 2.10. The number of rotatable bonds is 3. The first kappa shape index (κ1) is 11.2. The van der Waals surface area contributed by atoms with Crippen LogP contribution in [-0.2, 0) is 0 Å². The van der Waals surface area contributed by atoms with E-state index in [0.717, 1.165) is 18.1 Å². The zero-order valence-electron chi connectivity index (χ0n) is 8.85. The van der Waals surface area contributed by atoms with Crippen LogP contribution in [0.4, 0.5) is 8.78 Å². The second-order valence-corrected chi connectivity index (χ2v) is 4.23. The Bertz CT molecular complexity index is 285. The Balaban J connectivity index is 2.84. The van der Waals surface area contributed by atoms with Gasteiger partial charge in [0.25, 0.3) is 0 Å². The lowest BCUT2D eigenvalue weighted by Crippen LogP contribution is -2.00. The normalized spacial score (nSPS) is 13.3. The van der Waals surface area contributed by atoms with Crippen molar-refractivity contribution in [3.05, 3.63) is 35.4 Å². The molecule has 0 aliphatic rings. The van der Waals surface area contributed by atoms with E-state index in [1.807, 2.05) is 6.92 Å². The zero-order chi connectivity index (χ0) is 10.7. The third-order valence-electron chi connectivity index (χ3n) is 2.28. The van der Waals surface area contributed by atoms with Gasteiger partial charge in [0.2, 0.25) is 0 Å². The van der Waals surface area contributed by atoms with Gasteiger partial charge in [0.05, 0.1) is 0 Å². The van der Waals surface area contributed by atoms with Crippen LogP contribution in [0.3, 0.4) is 0 Å². The molecule has 0 aromatic heterocycles. The van der Waals surface area contributed by atoms with Gasteiger partial charge >= 0.3 is 0 Å². The number of hydrogen-bond donors (Lipinski definition) is 0. The molecular formula is C12H16F2. The van der Waals surface area contributed by atoms with Crippen LogP contribution >= 0.6 is 0 Å². The van der Waals surface area contributed by atoms with Gasteiger partial charge in [0.15, 0.2) is 0 Å². The standard InChI is InChI=1S/C12H16F2/c1-8(2)4-9(3)10-5-11(13)7-12(14)6-10/h5-9H,4H2,1-3H3/t9-/m1/s1. The van der Waals surface area contributed by atoms with Gasteiger partial charge in [-0.25, -0.2) is 8.78 Å². The molecule has 0 aliphatic carbocycles. The van der Waals surface area contributed by atoms with E-state index in [1.54, 1.807) is 0 Å². The van der Waals surface area contributed by atoms with E-state index in [-0.39, 0.29) is 5.92 Å². The molecule has 1 aromatic carbocycles. The van der Waals surface area contributed by atoms with Crippen molar-refractivity contribution in [1.82, 2.24) is 0 Å². The summed E-state index contributed by atoms with van der Waals surface area (Å²) in [7, 11) is 0. The van der Waals surface area contributed by atoms with Gasteiger partial charge < -0.3 is 0 Å². The van der Waals surface area contributed by atoms with Crippen molar-refractivity contribution >= 4 is 0 Å². The second-order valence-electron chi connectivity index (χ2n) is 4.23. The van der Waals surface area contributed by atoms with Crippen LogP contribution in [0.15, 0.2) is 18.2 Å². The molecule has 0 N–H and O–H groups in total. The van der Waals surface area contributed by atoms with E-state index >= 15 is 0 Å². The number of benzene rings is 1. The molecule has 0 saturated carbocycles. The topological polar surface area (TPSA) is 0 Å². The molecule has 0 spiro atoms. The lowest BCUT2D eigenvalue weighted by Gasteiger charge is -2.14. The van der Waals surface area contributed by atoms with Crippen molar-refractivity contribution in [3.8, 4) is 0 Å². The number of hydrogen-bond acceptors (Lipinski definition) is 0. The highest BCUT2D eigenvalue weighted by molar-refractivity contribution is 5.21. The van der Waals surface area contributed by atoms with Crippen molar-refractivity contribution in [3.63, 3.8) is 0 Å². The highest BCUT2D eigenvalue weighted by atomic mass is 19.1. The minimum Gasteiger partial charge on any atom is -0.207 e. The van der Waals surface area contributed by atoms with Crippen molar-refractivity contribution in [2.24, 2.45) is 5.92 Å². The fraction of sp³-hybridized carbons (Fsp3) is 0.500. The highest BCUT2D eigenvalue weighted by Crippen LogP contribution is 2.24. The average Bonchev–Trinajstić information content (AvgIpc) is 2.00. The maximum atomic E-state index is 12.9. The molecule has 0 radical (unpaired) electrons. The molecule has 1 rings (SSSR count). The third-order valence-corrected chi connectivity index (χ3v) is 2.28. The Morgan fingerprint density at radius 1 is 1.00 bits per heavy atom. The van der Waals surface area contributed by atoms with Crippen molar-refractivity contribution in [2.75, 3.05) is 0 Å². The first-order valence-electron chi connectivity index (χ1n) is 4.95. The smallest absolute Gasteiger partial charge is 0.126 e. The molecular weight excluding hydrogens is 182 g/mol. The molecule has 0 bridgehead atoms. The molecule has 14 heavy (non-hydrogen) atoms. The van der Waals surface area contributed by atoms with Gasteiger partial charge in [0, 0.05) is 6.07 Å². The summed E-state index contributed by atoms with van der Waals surface area (Å²) in [5.41, 5.74) is 0.746. The Labute approximate surface area is 84.0 Å². The van der Waals surface area contributed by atoms with E-state index in [9.17, 15) is 8.78 Å². The van der Waals surface area contributed by atoms with Gasteiger partial charge in [-0.3, -0.25) is 0 Å². The molecule has 78 valence electrons. The predicted molar refractivity (Wildman–Crippen MR) is 54.2 cm³/mol. The van der Waals surface area contributed by atoms with E-state index in [1.165, 1.54) is 12.1 Å². The molecule has 2 heteroatoms. The van der Waals surface area contributed by atoms with Crippen LogP contribution in [-0.4, -0.2) is 0 Å². The van der Waals surface area contributed by atoms with Crippen molar-refractivity contribution < 1.29 is 8.78 Å². The van der Waals surface area contributed by atoms with Crippen LogP contribution in [0.5, 0.6) is 0 Å². The van der Waals surface area contributed by atoms with Crippen LogP contribution in [0.25, 0.3) is 0 Å². The van der Waals surface area contributed by atoms with Gasteiger partial charge in [-0.05, 0) is 36.0 Å². The summed E-state index contributed by atoms with van der Waals surface area (Å²) < 4.78 is 25.8. The quantitative estimate of drug-likeness (QED) is 0.685. The third kappa shape index (κ3) is 3.09. The largest absolute Gasteiger partial charge is 0.207 e. The van der Waals surface area contributed by atoms with Crippen LogP contribution in [0.1, 0.15) is 38.7 Å². The Kier molecular flexibility index (Phi) is 3.62. The molecule has 1 aromatic rings. The Morgan fingerprint density at radius 2 is 1.50 bits per heavy atom. The molecule has 0 saturated heterocycles. The fourth-order valence-corrected chi connectivity index (χ4v) is 1.70. The van der Waals surface area contributed by atoms with Crippen molar-refractivity contribution in [2.45, 2.75) is 33.1 Å². The molecule has 0 unspecified atom stereocenters. The second kappa shape index (κ2) is 4.54.